The maximum absolute atomic E-state index is 13.7. The lowest BCUT2D eigenvalue weighted by molar-refractivity contribution is -0.144. The normalized spacial score (nSPS) is 19.0. The molecule has 2 aromatic heterocycles. The van der Waals surface area contributed by atoms with Crippen molar-refractivity contribution in [3.63, 3.8) is 0 Å². The lowest BCUT2D eigenvalue weighted by Crippen LogP contribution is -2.39. The van der Waals surface area contributed by atoms with Gasteiger partial charge in [-0.1, -0.05) is 18.5 Å². The van der Waals surface area contributed by atoms with Gasteiger partial charge in [-0.2, -0.15) is 31.3 Å². The number of hydrogen-bond donors (Lipinski definition) is 3. The highest BCUT2D eigenvalue weighted by atomic mass is 35.5. The summed E-state index contributed by atoms with van der Waals surface area (Å²) in [6, 6.07) is 0.818. The first kappa shape index (κ1) is 36.2. The maximum Gasteiger partial charge on any atom is 0.416 e. The Bertz CT molecular complexity index is 1570. The highest BCUT2D eigenvalue weighted by Gasteiger charge is 2.40. The Kier molecular flexibility index (Phi) is 10.9. The number of carbonyl (C=O) groups is 1. The van der Waals surface area contributed by atoms with Crippen molar-refractivity contribution in [2.75, 3.05) is 52.8 Å². The molecule has 2 saturated heterocycles. The zero-order valence-electron chi connectivity index (χ0n) is 26.3. The van der Waals surface area contributed by atoms with Gasteiger partial charge in [0, 0.05) is 38.8 Å². The van der Waals surface area contributed by atoms with Gasteiger partial charge in [0.1, 0.15) is 5.02 Å². The second kappa shape index (κ2) is 14.8. The molecule has 18 heteroatoms. The summed E-state index contributed by atoms with van der Waals surface area (Å²) in [7, 11) is 0. The zero-order valence-corrected chi connectivity index (χ0v) is 27.1. The van der Waals surface area contributed by atoms with Crippen LogP contribution in [-0.4, -0.2) is 81.0 Å². The Hall–Kier alpha value is -4.12. The second-order valence-electron chi connectivity index (χ2n) is 12.0. The molecule has 0 bridgehead atoms. The van der Waals surface area contributed by atoms with Crippen LogP contribution in [0.5, 0.6) is 0 Å². The molecule has 4 heterocycles. The maximum atomic E-state index is 13.7. The molecule has 5 rings (SSSR count). The van der Waals surface area contributed by atoms with E-state index in [0.717, 1.165) is 0 Å². The Labute approximate surface area is 282 Å². The molecule has 0 amide bonds. The first-order valence-corrected chi connectivity index (χ1v) is 16.0. The van der Waals surface area contributed by atoms with E-state index in [9.17, 15) is 36.2 Å². The van der Waals surface area contributed by atoms with Gasteiger partial charge in [-0.25, -0.2) is 15.0 Å². The van der Waals surface area contributed by atoms with Crippen molar-refractivity contribution in [2.45, 2.75) is 63.6 Å². The highest BCUT2D eigenvalue weighted by molar-refractivity contribution is 6.32. The van der Waals surface area contributed by atoms with Crippen molar-refractivity contribution in [3.8, 4) is 0 Å². The van der Waals surface area contributed by atoms with Crippen LogP contribution < -0.4 is 20.0 Å². The van der Waals surface area contributed by atoms with Gasteiger partial charge >= 0.3 is 18.3 Å². The summed E-state index contributed by atoms with van der Waals surface area (Å²) >= 11 is 6.62. The van der Waals surface area contributed by atoms with Crippen LogP contribution in [-0.2, 0) is 23.7 Å². The van der Waals surface area contributed by atoms with Crippen LogP contribution in [0.1, 0.15) is 49.3 Å². The molecule has 0 saturated carbocycles. The molecule has 2 aliphatic heterocycles. The predicted molar refractivity (Wildman–Crippen MR) is 170 cm³/mol. The van der Waals surface area contributed by atoms with Gasteiger partial charge in [0.05, 0.1) is 54.0 Å². The fourth-order valence-electron chi connectivity index (χ4n) is 6.23. The molecular weight excluding hydrogens is 682 g/mol. The highest BCUT2D eigenvalue weighted by Crippen LogP contribution is 2.39. The van der Waals surface area contributed by atoms with Crippen molar-refractivity contribution in [2.24, 2.45) is 5.92 Å². The van der Waals surface area contributed by atoms with Gasteiger partial charge in [-0.05, 0) is 49.4 Å². The Morgan fingerprint density at radius 1 is 1.02 bits per heavy atom. The molecule has 49 heavy (non-hydrogen) atoms. The van der Waals surface area contributed by atoms with Crippen molar-refractivity contribution in [1.29, 1.82) is 0 Å². The largest absolute Gasteiger partial charge is 0.481 e. The molecule has 3 N–H and O–H groups in total. The Morgan fingerprint density at radius 3 is 2.20 bits per heavy atom. The van der Waals surface area contributed by atoms with Gasteiger partial charge in [0.2, 0.25) is 11.9 Å². The molecule has 3 aromatic rings. The molecule has 11 nitrogen and oxygen atoms in total. The lowest BCUT2D eigenvalue weighted by atomic mass is 9.97. The molecule has 0 radical (unpaired) electrons. The van der Waals surface area contributed by atoms with Crippen LogP contribution >= 0.6 is 11.6 Å². The molecule has 0 spiro atoms. The fourth-order valence-corrected chi connectivity index (χ4v) is 6.42. The molecule has 2 unspecified atom stereocenters. The molecule has 2 fully saturated rings. The summed E-state index contributed by atoms with van der Waals surface area (Å²) in [6.45, 7) is 2.73. The molecule has 1 aromatic carbocycles. The standard InChI is InChI=1S/C31H35ClF6N8O3/c1-2-23-12-24(17-45(23)26-25(32)15-42-29(43-26)44-6-3-19(4-7-44)27(48)49)46(28-40-13-22(14-41-28)39-5-8-47)16-18-9-20(30(33,34)35)11-21(10-18)31(36,37)38/h9-11,13-15,19,23-24,39,47H,2-8,12,16-17H2,1H3,(H,48,49). The smallest absolute Gasteiger partial charge is 0.416 e. The van der Waals surface area contributed by atoms with E-state index in [1.54, 1.807) is 4.90 Å². The summed E-state index contributed by atoms with van der Waals surface area (Å²) < 4.78 is 82.5. The third-order valence-electron chi connectivity index (χ3n) is 8.75. The molecule has 2 aliphatic rings. The van der Waals surface area contributed by atoms with Crippen LogP contribution in [0.3, 0.4) is 0 Å². The number of hydrogen-bond acceptors (Lipinski definition) is 10. The number of carboxylic acids is 1. The molecule has 0 aliphatic carbocycles. The average molecular weight is 717 g/mol. The number of nitrogens with zero attached hydrogens (tertiary/aromatic N) is 7. The van der Waals surface area contributed by atoms with Crippen LogP contribution in [0.2, 0.25) is 5.02 Å². The van der Waals surface area contributed by atoms with Gasteiger partial charge < -0.3 is 30.2 Å². The summed E-state index contributed by atoms with van der Waals surface area (Å²) in [6.07, 6.45) is -3.84. The van der Waals surface area contributed by atoms with E-state index >= 15 is 0 Å². The van der Waals surface area contributed by atoms with Crippen LogP contribution in [0.15, 0.2) is 36.8 Å². The average Bonchev–Trinajstić information content (AvgIpc) is 3.50. The third kappa shape index (κ3) is 8.55. The number of aliphatic hydroxyl groups is 1. The number of alkyl halides is 6. The zero-order chi connectivity index (χ0) is 35.5. The van der Waals surface area contributed by atoms with Crippen LogP contribution in [0.25, 0.3) is 0 Å². The quantitative estimate of drug-likeness (QED) is 0.211. The van der Waals surface area contributed by atoms with E-state index < -0.39 is 41.4 Å². The van der Waals surface area contributed by atoms with Crippen LogP contribution in [0.4, 0.5) is 49.7 Å². The van der Waals surface area contributed by atoms with E-state index in [1.165, 1.54) is 18.6 Å². The van der Waals surface area contributed by atoms with Crippen molar-refractivity contribution in [3.05, 3.63) is 58.5 Å². The van der Waals surface area contributed by atoms with E-state index in [0.29, 0.717) is 68.4 Å². The van der Waals surface area contributed by atoms with Crippen molar-refractivity contribution >= 4 is 41.0 Å². The van der Waals surface area contributed by atoms with Gasteiger partial charge in [-0.3, -0.25) is 4.79 Å². The minimum atomic E-state index is -5.01. The van der Waals surface area contributed by atoms with Crippen molar-refractivity contribution in [1.82, 2.24) is 19.9 Å². The second-order valence-corrected chi connectivity index (χ2v) is 12.4. The number of benzene rings is 1. The summed E-state index contributed by atoms with van der Waals surface area (Å²) in [5, 5.41) is 21.6. The summed E-state index contributed by atoms with van der Waals surface area (Å²) in [5.41, 5.74) is -2.61. The Balaban J connectivity index is 1.48. The molecule has 266 valence electrons. The number of carboxylic acid groups (broad SMARTS) is 1. The van der Waals surface area contributed by atoms with Gasteiger partial charge in [-0.15, -0.1) is 0 Å². The summed E-state index contributed by atoms with van der Waals surface area (Å²) in [5.74, 6) is -0.447. The number of aromatic nitrogens is 4. The predicted octanol–water partition coefficient (Wildman–Crippen LogP) is 5.73. The molecule has 2 atom stereocenters. The number of anilines is 4. The third-order valence-corrected chi connectivity index (χ3v) is 9.02. The number of piperidine rings is 1. The van der Waals surface area contributed by atoms with Crippen LogP contribution in [0, 0.1) is 5.92 Å². The number of rotatable bonds is 11. The first-order valence-electron chi connectivity index (χ1n) is 15.7. The van der Waals surface area contributed by atoms with Gasteiger partial charge in [0.25, 0.3) is 0 Å². The number of aliphatic hydroxyl groups excluding tert-OH is 1. The van der Waals surface area contributed by atoms with E-state index in [1.807, 2.05) is 16.7 Å². The van der Waals surface area contributed by atoms with E-state index in [2.05, 4.69) is 20.3 Å². The van der Waals surface area contributed by atoms with E-state index in [-0.39, 0.29) is 54.9 Å². The van der Waals surface area contributed by atoms with E-state index in [4.69, 9.17) is 21.7 Å². The topological polar surface area (TPSA) is 131 Å². The number of halogens is 7. The SMILES string of the molecule is CCC1CC(N(Cc2cc(C(F)(F)F)cc(C(F)(F)F)c2)c2ncc(NCCO)cn2)CN1c1nc(N2CCC(C(=O)O)CC2)ncc1Cl. The minimum Gasteiger partial charge on any atom is -0.481 e. The number of aliphatic carboxylic acids is 1. The lowest BCUT2D eigenvalue weighted by Gasteiger charge is -2.32. The number of nitrogens with one attached hydrogen (secondary N) is 1. The molecular formula is C31H35ClF6N8O3. The Morgan fingerprint density at radius 2 is 1.65 bits per heavy atom. The minimum absolute atomic E-state index is 0.0815. The monoisotopic (exact) mass is 716 g/mol. The summed E-state index contributed by atoms with van der Waals surface area (Å²) in [4.78, 5) is 34.7. The fraction of sp³-hybridized carbons (Fsp3) is 0.516. The first-order chi connectivity index (χ1) is 23.2. The van der Waals surface area contributed by atoms with Gasteiger partial charge in [0.15, 0.2) is 5.82 Å². The van der Waals surface area contributed by atoms with Crippen molar-refractivity contribution < 1.29 is 41.4 Å².